The van der Waals surface area contributed by atoms with Crippen LogP contribution in [-0.2, 0) is 4.79 Å². The second kappa shape index (κ2) is 10.9. The van der Waals surface area contributed by atoms with Gasteiger partial charge in [-0.25, -0.2) is 0 Å². The van der Waals surface area contributed by atoms with Gasteiger partial charge in [-0.3, -0.25) is 9.59 Å². The van der Waals surface area contributed by atoms with E-state index in [9.17, 15) is 9.59 Å². The molecule has 7 heteroatoms. The van der Waals surface area contributed by atoms with Gasteiger partial charge < -0.3 is 14.8 Å². The standard InChI is InChI=1S/C26H32N4O2S/c1-3-21(25(32)27-15-8-18-29-16-6-7-17-29)30-22-9-4-5-10-23(22)33-26(30)28-24(31)20-13-11-19(2)12-14-20/h4-5,9-14,21H,3,6-8,15-18H2,1-2H3,(H,27,32). The molecule has 1 aliphatic rings. The lowest BCUT2D eigenvalue weighted by atomic mass is 10.1. The van der Waals surface area contributed by atoms with E-state index in [0.717, 1.165) is 28.7 Å². The van der Waals surface area contributed by atoms with Crippen LogP contribution < -0.4 is 10.1 Å². The van der Waals surface area contributed by atoms with Gasteiger partial charge in [-0.1, -0.05) is 48.1 Å². The summed E-state index contributed by atoms with van der Waals surface area (Å²) in [5, 5.41) is 3.12. The number of hydrogen-bond acceptors (Lipinski definition) is 4. The van der Waals surface area contributed by atoms with Crippen molar-refractivity contribution in [1.29, 1.82) is 0 Å². The number of para-hydroxylation sites is 1. The molecular weight excluding hydrogens is 432 g/mol. The first kappa shape index (κ1) is 23.4. The normalized spacial score (nSPS) is 15.8. The number of thiazole rings is 1. The number of carbonyl (C=O) groups is 2. The van der Waals surface area contributed by atoms with Crippen LogP contribution in [0.15, 0.2) is 53.5 Å². The van der Waals surface area contributed by atoms with Gasteiger partial charge in [0, 0.05) is 12.1 Å². The maximum absolute atomic E-state index is 13.2. The first-order chi connectivity index (χ1) is 16.1. The largest absolute Gasteiger partial charge is 0.354 e. The van der Waals surface area contributed by atoms with Crippen molar-refractivity contribution >= 4 is 33.4 Å². The van der Waals surface area contributed by atoms with E-state index in [-0.39, 0.29) is 11.8 Å². The van der Waals surface area contributed by atoms with E-state index >= 15 is 0 Å². The number of aromatic nitrogens is 1. The number of rotatable bonds is 8. The van der Waals surface area contributed by atoms with Crippen molar-refractivity contribution in [3.63, 3.8) is 0 Å². The lowest BCUT2D eigenvalue weighted by molar-refractivity contribution is -0.124. The van der Waals surface area contributed by atoms with Crippen LogP contribution >= 0.6 is 11.3 Å². The number of nitrogens with one attached hydrogen (secondary N) is 1. The Balaban J connectivity index is 1.58. The summed E-state index contributed by atoms with van der Waals surface area (Å²) >= 11 is 1.45. The number of likely N-dealkylation sites (tertiary alicyclic amines) is 1. The van der Waals surface area contributed by atoms with Crippen LogP contribution in [0.25, 0.3) is 10.2 Å². The van der Waals surface area contributed by atoms with E-state index in [0.29, 0.717) is 23.3 Å². The lowest BCUT2D eigenvalue weighted by Gasteiger charge is -2.19. The minimum absolute atomic E-state index is 0.0216. The summed E-state index contributed by atoms with van der Waals surface area (Å²) in [7, 11) is 0. The molecule has 0 bridgehead atoms. The summed E-state index contributed by atoms with van der Waals surface area (Å²) in [6.45, 7) is 8.01. The van der Waals surface area contributed by atoms with Crippen LogP contribution in [0, 0.1) is 6.92 Å². The van der Waals surface area contributed by atoms with Gasteiger partial charge in [0.15, 0.2) is 4.80 Å². The molecule has 1 atom stereocenters. The summed E-state index contributed by atoms with van der Waals surface area (Å²) < 4.78 is 2.94. The molecule has 33 heavy (non-hydrogen) atoms. The van der Waals surface area contributed by atoms with Crippen LogP contribution in [0.3, 0.4) is 0 Å². The van der Waals surface area contributed by atoms with E-state index in [1.807, 2.05) is 54.8 Å². The third kappa shape index (κ3) is 5.60. The molecule has 2 amide bonds. The SMILES string of the molecule is CCC(C(=O)NCCCN1CCCC1)n1c(=NC(=O)c2ccc(C)cc2)sc2ccccc21. The van der Waals surface area contributed by atoms with E-state index in [4.69, 9.17) is 0 Å². The van der Waals surface area contributed by atoms with E-state index in [2.05, 4.69) is 15.2 Å². The van der Waals surface area contributed by atoms with Gasteiger partial charge in [0.05, 0.1) is 10.2 Å². The number of carbonyl (C=O) groups excluding carboxylic acids is 2. The van der Waals surface area contributed by atoms with Crippen LogP contribution in [0.4, 0.5) is 0 Å². The van der Waals surface area contributed by atoms with Gasteiger partial charge >= 0.3 is 0 Å². The molecule has 1 fully saturated rings. The monoisotopic (exact) mass is 464 g/mol. The molecule has 1 N–H and O–H groups in total. The zero-order valence-corrected chi connectivity index (χ0v) is 20.2. The van der Waals surface area contributed by atoms with Gasteiger partial charge in [-0.2, -0.15) is 4.99 Å². The minimum Gasteiger partial charge on any atom is -0.354 e. The number of amides is 2. The van der Waals surface area contributed by atoms with Crippen molar-refractivity contribution in [3.8, 4) is 0 Å². The number of benzene rings is 2. The summed E-state index contributed by atoms with van der Waals surface area (Å²) in [4.78, 5) is 33.5. The predicted octanol–water partition coefficient (Wildman–Crippen LogP) is 4.31. The molecule has 1 saturated heterocycles. The average Bonchev–Trinajstić information content (AvgIpc) is 3.46. The summed E-state index contributed by atoms with van der Waals surface area (Å²) in [6, 6.07) is 14.9. The molecule has 1 unspecified atom stereocenters. The first-order valence-electron chi connectivity index (χ1n) is 11.8. The van der Waals surface area contributed by atoms with Crippen molar-refractivity contribution in [3.05, 3.63) is 64.5 Å². The molecule has 3 aromatic rings. The number of nitrogens with zero attached hydrogens (tertiary/aromatic N) is 3. The molecule has 1 aliphatic heterocycles. The molecule has 0 radical (unpaired) electrons. The number of fused-ring (bicyclic) bond motifs is 1. The minimum atomic E-state index is -0.419. The maximum Gasteiger partial charge on any atom is 0.279 e. The second-order valence-electron chi connectivity index (χ2n) is 8.62. The highest BCUT2D eigenvalue weighted by atomic mass is 32.1. The summed E-state index contributed by atoms with van der Waals surface area (Å²) in [5.41, 5.74) is 2.57. The summed E-state index contributed by atoms with van der Waals surface area (Å²) in [5.74, 6) is -0.317. The Morgan fingerprint density at radius 3 is 2.55 bits per heavy atom. The van der Waals surface area contributed by atoms with Crippen molar-refractivity contribution in [2.45, 2.75) is 45.6 Å². The van der Waals surface area contributed by atoms with E-state index in [1.165, 1.54) is 37.3 Å². The molecule has 6 nitrogen and oxygen atoms in total. The lowest BCUT2D eigenvalue weighted by Crippen LogP contribution is -2.37. The Hall–Kier alpha value is -2.77. The van der Waals surface area contributed by atoms with Gasteiger partial charge in [-0.15, -0.1) is 0 Å². The van der Waals surface area contributed by atoms with Gasteiger partial charge in [0.25, 0.3) is 5.91 Å². The smallest absolute Gasteiger partial charge is 0.279 e. The maximum atomic E-state index is 13.2. The van der Waals surface area contributed by atoms with Crippen molar-refractivity contribution in [1.82, 2.24) is 14.8 Å². The molecule has 1 aromatic heterocycles. The first-order valence-corrected chi connectivity index (χ1v) is 12.6. The Kier molecular flexibility index (Phi) is 7.73. The Morgan fingerprint density at radius 1 is 1.09 bits per heavy atom. The molecule has 2 heterocycles. The van der Waals surface area contributed by atoms with Crippen LogP contribution in [0.1, 0.15) is 54.6 Å². The van der Waals surface area contributed by atoms with Crippen molar-refractivity contribution in [2.75, 3.05) is 26.2 Å². The third-order valence-corrected chi connectivity index (χ3v) is 7.21. The molecule has 0 saturated carbocycles. The Morgan fingerprint density at radius 2 is 1.82 bits per heavy atom. The van der Waals surface area contributed by atoms with E-state index < -0.39 is 6.04 Å². The third-order valence-electron chi connectivity index (χ3n) is 6.18. The van der Waals surface area contributed by atoms with Gasteiger partial charge in [0.2, 0.25) is 5.91 Å². The Bertz CT molecular complexity index is 1170. The zero-order chi connectivity index (χ0) is 23.2. The molecule has 0 aliphatic carbocycles. The quantitative estimate of drug-likeness (QED) is 0.505. The average molecular weight is 465 g/mol. The highest BCUT2D eigenvalue weighted by molar-refractivity contribution is 7.16. The van der Waals surface area contributed by atoms with E-state index in [1.54, 1.807) is 12.1 Å². The summed E-state index contributed by atoms with van der Waals surface area (Å²) in [6.07, 6.45) is 4.12. The van der Waals surface area contributed by atoms with Crippen molar-refractivity contribution in [2.24, 2.45) is 4.99 Å². The fraction of sp³-hybridized carbons (Fsp3) is 0.423. The fourth-order valence-corrected chi connectivity index (χ4v) is 5.41. The number of hydrogen-bond donors (Lipinski definition) is 1. The van der Waals surface area contributed by atoms with Gasteiger partial charge in [-0.05, 0) is 76.5 Å². The van der Waals surface area contributed by atoms with Crippen LogP contribution in [-0.4, -0.2) is 47.5 Å². The Labute approximate surface area is 199 Å². The molecule has 2 aromatic carbocycles. The molecular formula is C26H32N4O2S. The zero-order valence-electron chi connectivity index (χ0n) is 19.4. The van der Waals surface area contributed by atoms with Gasteiger partial charge in [0.1, 0.15) is 6.04 Å². The van der Waals surface area contributed by atoms with Crippen LogP contribution in [0.5, 0.6) is 0 Å². The number of aryl methyl sites for hydroxylation is 1. The molecule has 0 spiro atoms. The molecule has 4 rings (SSSR count). The van der Waals surface area contributed by atoms with Crippen molar-refractivity contribution < 1.29 is 9.59 Å². The second-order valence-corrected chi connectivity index (χ2v) is 9.63. The highest BCUT2D eigenvalue weighted by Gasteiger charge is 2.22. The topological polar surface area (TPSA) is 66.7 Å². The molecule has 174 valence electrons. The van der Waals surface area contributed by atoms with Crippen LogP contribution in [0.2, 0.25) is 0 Å². The fourth-order valence-electron chi connectivity index (χ4n) is 4.34. The predicted molar refractivity (Wildman–Crippen MR) is 134 cm³/mol. The highest BCUT2D eigenvalue weighted by Crippen LogP contribution is 2.23.